The van der Waals surface area contributed by atoms with Gasteiger partial charge in [0.05, 0.1) is 23.5 Å². The van der Waals surface area contributed by atoms with E-state index in [0.29, 0.717) is 29.1 Å². The maximum absolute atomic E-state index is 13.8. The van der Waals surface area contributed by atoms with Gasteiger partial charge in [-0.15, -0.1) is 0 Å². The standard InChI is InChI=1S/C28H28FN5O2/c1-33(25(35)18-34-15-13-30-14-16-34)22-10-8-21(9-11-22)31-27(19-5-3-2-4-6-19)26-23-12-7-20(29)17-24(23)32-28(26)36/h2-12,17,30-31H,13-16,18H2,1H3,(H,32,36)/b27-26-. The number of carbonyl (C=O) groups excluding carboxylic acids is 2. The second kappa shape index (κ2) is 10.3. The van der Waals surface area contributed by atoms with Crippen molar-refractivity contribution in [2.75, 3.05) is 55.3 Å². The van der Waals surface area contributed by atoms with E-state index in [0.717, 1.165) is 43.1 Å². The van der Waals surface area contributed by atoms with E-state index in [9.17, 15) is 14.0 Å². The molecule has 2 amide bonds. The molecule has 0 atom stereocenters. The van der Waals surface area contributed by atoms with Gasteiger partial charge in [0, 0.05) is 50.2 Å². The number of nitrogens with one attached hydrogen (secondary N) is 3. The van der Waals surface area contributed by atoms with Crippen LogP contribution in [-0.4, -0.2) is 56.5 Å². The molecular weight excluding hydrogens is 457 g/mol. The van der Waals surface area contributed by atoms with Crippen LogP contribution in [0.5, 0.6) is 0 Å². The van der Waals surface area contributed by atoms with Crippen LogP contribution in [0.15, 0.2) is 72.8 Å². The van der Waals surface area contributed by atoms with Crippen molar-refractivity contribution in [1.82, 2.24) is 10.2 Å². The van der Waals surface area contributed by atoms with Crippen molar-refractivity contribution >= 4 is 40.1 Å². The van der Waals surface area contributed by atoms with E-state index in [1.165, 1.54) is 12.1 Å². The van der Waals surface area contributed by atoms with Gasteiger partial charge in [-0.1, -0.05) is 30.3 Å². The van der Waals surface area contributed by atoms with E-state index < -0.39 is 5.82 Å². The average Bonchev–Trinajstić information content (AvgIpc) is 3.22. The van der Waals surface area contributed by atoms with Gasteiger partial charge in [-0.2, -0.15) is 0 Å². The summed E-state index contributed by atoms with van der Waals surface area (Å²) < 4.78 is 13.8. The molecule has 36 heavy (non-hydrogen) atoms. The SMILES string of the molecule is CN(C(=O)CN1CCNCC1)c1ccc(N/C(=C2\C(=O)Nc3cc(F)ccc32)c2ccccc2)cc1. The molecule has 1 saturated heterocycles. The number of rotatable bonds is 6. The van der Waals surface area contributed by atoms with Gasteiger partial charge in [0.25, 0.3) is 5.91 Å². The average molecular weight is 486 g/mol. The number of halogens is 1. The number of anilines is 3. The Balaban J connectivity index is 1.40. The first-order valence-corrected chi connectivity index (χ1v) is 12.0. The van der Waals surface area contributed by atoms with Gasteiger partial charge in [0.1, 0.15) is 5.82 Å². The zero-order chi connectivity index (χ0) is 25.1. The maximum Gasteiger partial charge on any atom is 0.258 e. The fraction of sp³-hybridized carbons (Fsp3) is 0.214. The molecule has 0 spiro atoms. The summed E-state index contributed by atoms with van der Waals surface area (Å²) in [4.78, 5) is 29.5. The third kappa shape index (κ3) is 5.00. The van der Waals surface area contributed by atoms with Gasteiger partial charge < -0.3 is 20.9 Å². The zero-order valence-corrected chi connectivity index (χ0v) is 20.1. The number of carbonyl (C=O) groups is 2. The molecule has 3 N–H and O–H groups in total. The highest BCUT2D eigenvalue weighted by Crippen LogP contribution is 2.38. The van der Waals surface area contributed by atoms with Crippen molar-refractivity contribution in [2.24, 2.45) is 0 Å². The number of benzene rings is 3. The van der Waals surface area contributed by atoms with Crippen LogP contribution in [-0.2, 0) is 9.59 Å². The third-order valence-electron chi connectivity index (χ3n) is 6.51. The van der Waals surface area contributed by atoms with Crippen molar-refractivity contribution in [3.05, 3.63) is 89.7 Å². The summed E-state index contributed by atoms with van der Waals surface area (Å²) in [5.41, 5.74) is 4.53. The normalized spacial score (nSPS) is 16.8. The number of nitrogens with zero attached hydrogens (tertiary/aromatic N) is 2. The molecule has 3 aromatic rings. The van der Waals surface area contributed by atoms with Gasteiger partial charge in [-0.3, -0.25) is 14.5 Å². The largest absolute Gasteiger partial charge is 0.354 e. The molecule has 2 aliphatic rings. The van der Waals surface area contributed by atoms with E-state index in [4.69, 9.17) is 0 Å². The summed E-state index contributed by atoms with van der Waals surface area (Å²) in [6.45, 7) is 3.91. The monoisotopic (exact) mass is 485 g/mol. The number of likely N-dealkylation sites (N-methyl/N-ethyl adjacent to an activating group) is 1. The van der Waals surface area contributed by atoms with Crippen LogP contribution in [0, 0.1) is 5.82 Å². The fourth-order valence-electron chi connectivity index (χ4n) is 4.50. The number of hydrogen-bond donors (Lipinski definition) is 3. The predicted octanol–water partition coefficient (Wildman–Crippen LogP) is 3.63. The van der Waals surface area contributed by atoms with E-state index in [1.54, 1.807) is 18.0 Å². The molecule has 0 aromatic heterocycles. The van der Waals surface area contributed by atoms with Crippen LogP contribution < -0.4 is 20.9 Å². The Bertz CT molecular complexity index is 1300. The molecule has 0 saturated carbocycles. The molecular formula is C28H28FN5O2. The first kappa shape index (κ1) is 23.7. The molecule has 0 unspecified atom stereocenters. The molecule has 7 nitrogen and oxygen atoms in total. The van der Waals surface area contributed by atoms with E-state index in [1.807, 2.05) is 54.6 Å². The van der Waals surface area contributed by atoms with Crippen LogP contribution in [0.1, 0.15) is 11.1 Å². The second-order valence-electron chi connectivity index (χ2n) is 8.91. The van der Waals surface area contributed by atoms with Crippen molar-refractivity contribution in [1.29, 1.82) is 0 Å². The van der Waals surface area contributed by atoms with Crippen LogP contribution in [0.2, 0.25) is 0 Å². The van der Waals surface area contributed by atoms with Crippen LogP contribution >= 0.6 is 0 Å². The highest BCUT2D eigenvalue weighted by atomic mass is 19.1. The van der Waals surface area contributed by atoms with Gasteiger partial charge in [-0.25, -0.2) is 4.39 Å². The van der Waals surface area contributed by atoms with Gasteiger partial charge in [0.15, 0.2) is 0 Å². The van der Waals surface area contributed by atoms with Crippen LogP contribution in [0.4, 0.5) is 21.5 Å². The van der Waals surface area contributed by atoms with Crippen molar-refractivity contribution in [3.63, 3.8) is 0 Å². The fourth-order valence-corrected chi connectivity index (χ4v) is 4.50. The first-order chi connectivity index (χ1) is 17.5. The lowest BCUT2D eigenvalue weighted by molar-refractivity contribution is -0.119. The smallest absolute Gasteiger partial charge is 0.258 e. The van der Waals surface area contributed by atoms with Gasteiger partial charge in [-0.05, 0) is 48.0 Å². The topological polar surface area (TPSA) is 76.7 Å². The lowest BCUT2D eigenvalue weighted by Crippen LogP contribution is -2.47. The second-order valence-corrected chi connectivity index (χ2v) is 8.91. The van der Waals surface area contributed by atoms with Crippen LogP contribution in [0.25, 0.3) is 11.3 Å². The lowest BCUT2D eigenvalue weighted by Gasteiger charge is -2.28. The molecule has 5 rings (SSSR count). The first-order valence-electron chi connectivity index (χ1n) is 12.0. The Morgan fingerprint density at radius 3 is 2.47 bits per heavy atom. The molecule has 1 fully saturated rings. The van der Waals surface area contributed by atoms with E-state index in [2.05, 4.69) is 20.9 Å². The minimum Gasteiger partial charge on any atom is -0.354 e. The molecule has 8 heteroatoms. The maximum atomic E-state index is 13.8. The summed E-state index contributed by atoms with van der Waals surface area (Å²) in [6.07, 6.45) is 0. The number of piperazine rings is 1. The highest BCUT2D eigenvalue weighted by Gasteiger charge is 2.29. The zero-order valence-electron chi connectivity index (χ0n) is 20.1. The van der Waals surface area contributed by atoms with E-state index in [-0.39, 0.29) is 11.8 Å². The predicted molar refractivity (Wildman–Crippen MR) is 141 cm³/mol. The summed E-state index contributed by atoms with van der Waals surface area (Å²) >= 11 is 0. The Labute approximate surface area is 209 Å². The Morgan fingerprint density at radius 2 is 1.75 bits per heavy atom. The minimum absolute atomic E-state index is 0.0381. The van der Waals surface area contributed by atoms with Gasteiger partial charge >= 0.3 is 0 Å². The third-order valence-corrected chi connectivity index (χ3v) is 6.51. The minimum atomic E-state index is -0.407. The molecule has 2 heterocycles. The number of hydrogen-bond acceptors (Lipinski definition) is 5. The molecule has 0 bridgehead atoms. The van der Waals surface area contributed by atoms with Crippen molar-refractivity contribution < 1.29 is 14.0 Å². The molecule has 0 aliphatic carbocycles. The summed E-state index contributed by atoms with van der Waals surface area (Å²) in [6, 6.07) is 21.4. The van der Waals surface area contributed by atoms with Crippen molar-refractivity contribution in [2.45, 2.75) is 0 Å². The highest BCUT2D eigenvalue weighted by molar-refractivity contribution is 6.37. The Hall–Kier alpha value is -4.01. The van der Waals surface area contributed by atoms with E-state index >= 15 is 0 Å². The molecule has 3 aromatic carbocycles. The summed E-state index contributed by atoms with van der Waals surface area (Å²) in [5.74, 6) is -0.663. The van der Waals surface area contributed by atoms with Crippen molar-refractivity contribution in [3.8, 4) is 0 Å². The molecule has 2 aliphatic heterocycles. The van der Waals surface area contributed by atoms with Crippen LogP contribution in [0.3, 0.4) is 0 Å². The summed E-state index contributed by atoms with van der Waals surface area (Å²) in [7, 11) is 1.78. The Morgan fingerprint density at radius 1 is 1.03 bits per heavy atom. The quantitative estimate of drug-likeness (QED) is 0.465. The van der Waals surface area contributed by atoms with Gasteiger partial charge in [0.2, 0.25) is 5.91 Å². The Kier molecular flexibility index (Phi) is 6.79. The molecule has 0 radical (unpaired) electrons. The number of amides is 2. The molecule has 184 valence electrons. The lowest BCUT2D eigenvalue weighted by atomic mass is 10.00. The number of fused-ring (bicyclic) bond motifs is 1. The summed E-state index contributed by atoms with van der Waals surface area (Å²) in [5, 5.41) is 9.45.